The Bertz CT molecular complexity index is 335. The zero-order valence-electron chi connectivity index (χ0n) is 6.99. The molecule has 15 heavy (non-hydrogen) atoms. The molecule has 0 unspecified atom stereocenters. The first-order chi connectivity index (χ1) is 6.72. The van der Waals surface area contributed by atoms with Crippen LogP contribution >= 0.6 is 27.5 Å². The van der Waals surface area contributed by atoms with Crippen molar-refractivity contribution in [2.24, 2.45) is 0 Å². The topological polar surface area (TPSA) is 9.23 Å². The molecule has 1 aromatic carbocycles. The highest BCUT2D eigenvalue weighted by Crippen LogP contribution is 2.40. The molecule has 0 aliphatic carbocycles. The highest BCUT2D eigenvalue weighted by atomic mass is 79.9. The summed E-state index contributed by atoms with van der Waals surface area (Å²) in [6.07, 6.45) is -4.62. The lowest BCUT2D eigenvalue weighted by atomic mass is 10.3. The molecule has 0 fully saturated rings. The van der Waals surface area contributed by atoms with Crippen molar-refractivity contribution in [2.75, 3.05) is 0 Å². The first-order valence-corrected chi connectivity index (χ1v) is 4.78. The Labute approximate surface area is 96.1 Å². The first kappa shape index (κ1) is 12.6. The lowest BCUT2D eigenvalue weighted by molar-refractivity contribution is -0.266. The second kappa shape index (κ2) is 4.17. The fourth-order valence-corrected chi connectivity index (χ4v) is 0.915. The van der Waals surface area contributed by atoms with Crippen LogP contribution in [-0.4, -0.2) is 10.9 Å². The summed E-state index contributed by atoms with van der Waals surface area (Å²) >= 11 is 7.01. The van der Waals surface area contributed by atoms with Crippen LogP contribution < -0.4 is 4.74 Å². The Morgan fingerprint density at radius 1 is 1.07 bits per heavy atom. The van der Waals surface area contributed by atoms with Gasteiger partial charge in [-0.2, -0.15) is 17.6 Å². The summed E-state index contributed by atoms with van der Waals surface area (Å²) in [5, 5.41) is 0.288. The third-order valence-electron chi connectivity index (χ3n) is 1.39. The van der Waals surface area contributed by atoms with Crippen molar-refractivity contribution < 1.29 is 22.3 Å². The molecule has 0 saturated carbocycles. The van der Waals surface area contributed by atoms with E-state index in [4.69, 9.17) is 11.6 Å². The Morgan fingerprint density at radius 2 is 1.53 bits per heavy atom. The second-order valence-electron chi connectivity index (χ2n) is 2.57. The molecule has 1 nitrogen and oxygen atoms in total. The molecule has 0 amide bonds. The van der Waals surface area contributed by atoms with Crippen LogP contribution in [0, 0.1) is 0 Å². The van der Waals surface area contributed by atoms with Crippen LogP contribution in [0.4, 0.5) is 17.6 Å². The van der Waals surface area contributed by atoms with Crippen molar-refractivity contribution in [1.82, 2.24) is 0 Å². The summed E-state index contributed by atoms with van der Waals surface area (Å²) < 4.78 is 53.7. The number of alkyl halides is 5. The van der Waals surface area contributed by atoms with E-state index in [1.807, 2.05) is 0 Å². The molecule has 0 atom stereocenters. The largest absolute Gasteiger partial charge is 0.475 e. The van der Waals surface area contributed by atoms with E-state index in [1.54, 1.807) is 0 Å². The highest BCUT2D eigenvalue weighted by Gasteiger charge is 2.57. The van der Waals surface area contributed by atoms with Gasteiger partial charge in [0.1, 0.15) is 5.75 Å². The number of ether oxygens (including phenoxy) is 1. The Kier molecular flexibility index (Phi) is 3.50. The van der Waals surface area contributed by atoms with E-state index in [0.717, 1.165) is 12.1 Å². The molecule has 0 heterocycles. The van der Waals surface area contributed by atoms with Crippen LogP contribution in [0.25, 0.3) is 0 Å². The molecular weight excluding hydrogens is 303 g/mol. The summed E-state index contributed by atoms with van der Waals surface area (Å²) in [6.45, 7) is 0. The fourth-order valence-electron chi connectivity index (χ4n) is 0.709. The molecule has 0 aromatic heterocycles. The summed E-state index contributed by atoms with van der Waals surface area (Å²) in [5.74, 6) is -0.400. The minimum Gasteiger partial charge on any atom is -0.427 e. The van der Waals surface area contributed by atoms with E-state index in [0.29, 0.717) is 0 Å². The SMILES string of the molecule is FC(F)(Br)C(F)(F)Oc1ccc(Cl)cc1. The highest BCUT2D eigenvalue weighted by molar-refractivity contribution is 9.10. The maximum Gasteiger partial charge on any atom is 0.475 e. The number of hydrogen-bond acceptors (Lipinski definition) is 1. The average molecular weight is 307 g/mol. The van der Waals surface area contributed by atoms with E-state index in [9.17, 15) is 17.6 Å². The molecule has 0 spiro atoms. The van der Waals surface area contributed by atoms with E-state index < -0.39 is 16.7 Å². The van der Waals surface area contributed by atoms with Crippen molar-refractivity contribution in [1.29, 1.82) is 0 Å². The summed E-state index contributed by atoms with van der Waals surface area (Å²) in [6, 6.07) is 4.63. The fraction of sp³-hybridized carbons (Fsp3) is 0.250. The van der Waals surface area contributed by atoms with Crippen molar-refractivity contribution in [3.05, 3.63) is 29.3 Å². The third-order valence-corrected chi connectivity index (χ3v) is 2.10. The van der Waals surface area contributed by atoms with Crippen molar-refractivity contribution in [3.63, 3.8) is 0 Å². The number of benzene rings is 1. The Balaban J connectivity index is 2.82. The standard InChI is InChI=1S/C8H4BrClF4O/c9-7(11,12)8(13,14)15-6-3-1-5(10)2-4-6/h1-4H. The third kappa shape index (κ3) is 3.24. The maximum absolute atomic E-state index is 12.7. The van der Waals surface area contributed by atoms with Gasteiger partial charge in [-0.3, -0.25) is 0 Å². The Hall–Kier alpha value is -0.490. The van der Waals surface area contributed by atoms with Crippen LogP contribution in [0.3, 0.4) is 0 Å². The second-order valence-corrected chi connectivity index (χ2v) is 4.00. The molecule has 0 radical (unpaired) electrons. The van der Waals surface area contributed by atoms with E-state index in [1.165, 1.54) is 28.1 Å². The average Bonchev–Trinajstić information content (AvgIpc) is 2.06. The van der Waals surface area contributed by atoms with Crippen LogP contribution in [0.1, 0.15) is 0 Å². The smallest absolute Gasteiger partial charge is 0.427 e. The first-order valence-electron chi connectivity index (χ1n) is 3.61. The van der Waals surface area contributed by atoms with E-state index in [2.05, 4.69) is 4.74 Å². The zero-order valence-corrected chi connectivity index (χ0v) is 9.33. The molecule has 1 rings (SSSR count). The van der Waals surface area contributed by atoms with Crippen LogP contribution in [0.2, 0.25) is 5.02 Å². The molecule has 0 saturated heterocycles. The minimum absolute atomic E-state index is 0.288. The molecular formula is C8H4BrClF4O. The van der Waals surface area contributed by atoms with Gasteiger partial charge in [-0.1, -0.05) is 11.6 Å². The van der Waals surface area contributed by atoms with Gasteiger partial charge >= 0.3 is 10.9 Å². The quantitative estimate of drug-likeness (QED) is 0.597. The van der Waals surface area contributed by atoms with Crippen molar-refractivity contribution >= 4 is 27.5 Å². The van der Waals surface area contributed by atoms with Gasteiger partial charge in [0.15, 0.2) is 0 Å². The summed E-state index contributed by atoms with van der Waals surface area (Å²) in [7, 11) is 0. The normalized spacial score (nSPS) is 12.7. The van der Waals surface area contributed by atoms with Gasteiger partial charge in [0.05, 0.1) is 0 Å². The van der Waals surface area contributed by atoms with Gasteiger partial charge < -0.3 is 4.74 Å². The van der Waals surface area contributed by atoms with Gasteiger partial charge in [-0.15, -0.1) is 0 Å². The van der Waals surface area contributed by atoms with E-state index >= 15 is 0 Å². The van der Waals surface area contributed by atoms with E-state index in [-0.39, 0.29) is 5.02 Å². The molecule has 0 aliphatic rings. The lowest BCUT2D eigenvalue weighted by Crippen LogP contribution is -2.40. The van der Waals surface area contributed by atoms with Crippen LogP contribution in [0.15, 0.2) is 24.3 Å². The van der Waals surface area contributed by atoms with Gasteiger partial charge in [0.2, 0.25) is 0 Å². The van der Waals surface area contributed by atoms with Gasteiger partial charge in [-0.25, -0.2) is 0 Å². The predicted molar refractivity (Wildman–Crippen MR) is 50.9 cm³/mol. The molecule has 1 aromatic rings. The number of hydrogen-bond donors (Lipinski definition) is 0. The monoisotopic (exact) mass is 306 g/mol. The van der Waals surface area contributed by atoms with Crippen LogP contribution in [-0.2, 0) is 0 Å². The van der Waals surface area contributed by atoms with Crippen LogP contribution in [0.5, 0.6) is 5.75 Å². The van der Waals surface area contributed by atoms with Gasteiger partial charge in [0.25, 0.3) is 0 Å². The van der Waals surface area contributed by atoms with Gasteiger partial charge in [-0.05, 0) is 24.3 Å². The van der Waals surface area contributed by atoms with Crippen molar-refractivity contribution in [3.8, 4) is 5.75 Å². The maximum atomic E-state index is 12.7. The number of rotatable bonds is 3. The summed E-state index contributed by atoms with van der Waals surface area (Å²) in [4.78, 5) is -4.43. The number of halogens is 6. The molecule has 0 aliphatic heterocycles. The summed E-state index contributed by atoms with van der Waals surface area (Å²) in [5.41, 5.74) is 0. The Morgan fingerprint density at radius 3 is 1.93 bits per heavy atom. The minimum atomic E-state index is -4.62. The molecule has 0 N–H and O–H groups in total. The molecule has 0 bridgehead atoms. The van der Waals surface area contributed by atoms with Crippen molar-refractivity contribution in [2.45, 2.75) is 10.9 Å². The lowest BCUT2D eigenvalue weighted by Gasteiger charge is -2.21. The molecule has 7 heteroatoms. The predicted octanol–water partition coefficient (Wildman–Crippen LogP) is 4.30. The zero-order chi connectivity index (χ0) is 11.7. The van der Waals surface area contributed by atoms with Gasteiger partial charge in [0, 0.05) is 21.0 Å². The molecule has 84 valence electrons.